The third kappa shape index (κ3) is 5.19. The molecule has 0 unspecified atom stereocenters. The van der Waals surface area contributed by atoms with Gasteiger partial charge in [-0.2, -0.15) is 13.2 Å². The predicted molar refractivity (Wildman–Crippen MR) is 65.2 cm³/mol. The minimum Gasteiger partial charge on any atom is -0.265 e. The van der Waals surface area contributed by atoms with Gasteiger partial charge in [0.15, 0.2) is 0 Å². The molecule has 0 bridgehead atoms. The van der Waals surface area contributed by atoms with E-state index in [0.29, 0.717) is 5.56 Å². The largest absolute Gasteiger partial charge is 0.416 e. The van der Waals surface area contributed by atoms with E-state index in [1.165, 1.54) is 6.07 Å². The van der Waals surface area contributed by atoms with E-state index in [-0.39, 0.29) is 5.88 Å². The molecule has 2 aromatic rings. The van der Waals surface area contributed by atoms with E-state index in [1.807, 2.05) is 18.2 Å². The van der Waals surface area contributed by atoms with Crippen LogP contribution >= 0.6 is 11.6 Å². The normalized spacial score (nSPS) is 10.4. The van der Waals surface area contributed by atoms with Crippen molar-refractivity contribution in [2.24, 2.45) is 0 Å². The van der Waals surface area contributed by atoms with E-state index in [2.05, 4.69) is 4.98 Å². The van der Waals surface area contributed by atoms with Gasteiger partial charge in [0.2, 0.25) is 0 Å². The van der Waals surface area contributed by atoms with Crippen molar-refractivity contribution in [3.63, 3.8) is 0 Å². The zero-order chi connectivity index (χ0) is 13.4. The zero-order valence-electron chi connectivity index (χ0n) is 9.36. The molecule has 1 nitrogen and oxygen atoms in total. The average Bonchev–Trinajstić information content (AvgIpc) is 2.40. The summed E-state index contributed by atoms with van der Waals surface area (Å²) in [5.41, 5.74) is -0.174. The van der Waals surface area contributed by atoms with E-state index in [0.717, 1.165) is 12.1 Å². The van der Waals surface area contributed by atoms with Gasteiger partial charge in [-0.3, -0.25) is 4.98 Å². The van der Waals surface area contributed by atoms with Gasteiger partial charge in [-0.1, -0.05) is 24.3 Å². The summed E-state index contributed by atoms with van der Waals surface area (Å²) < 4.78 is 36.2. The first-order valence-corrected chi connectivity index (χ1v) is 5.64. The molecule has 0 amide bonds. The quantitative estimate of drug-likeness (QED) is 0.696. The molecule has 0 aliphatic heterocycles. The summed E-state index contributed by atoms with van der Waals surface area (Å²) in [5.74, 6) is 0.101. The summed E-state index contributed by atoms with van der Waals surface area (Å²) >= 11 is 5.38. The maximum absolute atomic E-state index is 12.1. The Labute approximate surface area is 108 Å². The Hall–Kier alpha value is -1.55. The molecule has 0 N–H and O–H groups in total. The summed E-state index contributed by atoms with van der Waals surface area (Å²) in [4.78, 5) is 3.78. The van der Waals surface area contributed by atoms with Crippen molar-refractivity contribution in [2.45, 2.75) is 12.1 Å². The number of halogens is 4. The van der Waals surface area contributed by atoms with Crippen molar-refractivity contribution in [1.29, 1.82) is 0 Å². The Morgan fingerprint density at radius 1 is 1.00 bits per heavy atom. The summed E-state index contributed by atoms with van der Waals surface area (Å²) in [7, 11) is 0. The standard InChI is InChI=1S/C8H6ClF3.C5H5N/c9-5-6-2-1-3-7(4-6)8(10,11)12;1-2-4-6-5-3-1/h1-4H,5H2;1-5H. The van der Waals surface area contributed by atoms with Gasteiger partial charge in [-0.25, -0.2) is 0 Å². The fraction of sp³-hybridized carbons (Fsp3) is 0.154. The van der Waals surface area contributed by atoms with Gasteiger partial charge in [0.1, 0.15) is 0 Å². The van der Waals surface area contributed by atoms with E-state index < -0.39 is 11.7 Å². The van der Waals surface area contributed by atoms with E-state index in [1.54, 1.807) is 18.5 Å². The third-order valence-electron chi connectivity index (χ3n) is 1.98. The number of hydrogen-bond acceptors (Lipinski definition) is 1. The Bertz CT molecular complexity index is 431. The Morgan fingerprint density at radius 2 is 1.67 bits per heavy atom. The molecular weight excluding hydrogens is 263 g/mol. The summed E-state index contributed by atoms with van der Waals surface area (Å²) in [6.07, 6.45) is -0.776. The Balaban J connectivity index is 0.000000225. The van der Waals surface area contributed by atoms with Gasteiger partial charge in [-0.15, -0.1) is 11.6 Å². The molecule has 1 aromatic heterocycles. The minimum absolute atomic E-state index is 0.101. The lowest BCUT2D eigenvalue weighted by Gasteiger charge is -2.06. The first-order valence-electron chi connectivity index (χ1n) is 5.11. The van der Waals surface area contributed by atoms with Crippen molar-refractivity contribution >= 4 is 11.6 Å². The molecule has 0 fully saturated rings. The Morgan fingerprint density at radius 3 is 2.06 bits per heavy atom. The highest BCUT2D eigenvalue weighted by atomic mass is 35.5. The number of nitrogens with zero attached hydrogens (tertiary/aromatic N) is 1. The third-order valence-corrected chi connectivity index (χ3v) is 2.28. The highest BCUT2D eigenvalue weighted by Crippen LogP contribution is 2.29. The summed E-state index contributed by atoms with van der Waals surface area (Å²) in [6.45, 7) is 0. The monoisotopic (exact) mass is 273 g/mol. The van der Waals surface area contributed by atoms with Crippen LogP contribution < -0.4 is 0 Å². The van der Waals surface area contributed by atoms with Crippen molar-refractivity contribution in [3.8, 4) is 0 Å². The van der Waals surface area contributed by atoms with Crippen LogP contribution in [0, 0.1) is 0 Å². The number of rotatable bonds is 1. The lowest BCUT2D eigenvalue weighted by atomic mass is 10.1. The van der Waals surface area contributed by atoms with Gasteiger partial charge in [0.05, 0.1) is 5.56 Å². The van der Waals surface area contributed by atoms with Crippen LogP contribution in [0.15, 0.2) is 54.9 Å². The fourth-order valence-corrected chi connectivity index (χ4v) is 1.31. The molecule has 0 radical (unpaired) electrons. The van der Waals surface area contributed by atoms with E-state index >= 15 is 0 Å². The van der Waals surface area contributed by atoms with Crippen molar-refractivity contribution in [1.82, 2.24) is 4.98 Å². The van der Waals surface area contributed by atoms with Crippen LogP contribution in [0.5, 0.6) is 0 Å². The first kappa shape index (κ1) is 14.5. The van der Waals surface area contributed by atoms with Gasteiger partial charge in [-0.05, 0) is 23.8 Å². The molecular formula is C13H11ClF3N. The molecule has 18 heavy (non-hydrogen) atoms. The smallest absolute Gasteiger partial charge is 0.265 e. The number of pyridine rings is 1. The predicted octanol–water partition coefficient (Wildman–Crippen LogP) is 4.53. The molecule has 1 heterocycles. The van der Waals surface area contributed by atoms with Gasteiger partial charge in [0, 0.05) is 18.3 Å². The molecule has 0 aliphatic carbocycles. The Kier molecular flexibility index (Phi) is 5.65. The molecule has 0 aliphatic rings. The SMILES string of the molecule is FC(F)(F)c1cccc(CCl)c1.c1ccncc1. The fourth-order valence-electron chi connectivity index (χ4n) is 1.14. The molecule has 5 heteroatoms. The topological polar surface area (TPSA) is 12.9 Å². The van der Waals surface area contributed by atoms with Crippen LogP contribution in [0.3, 0.4) is 0 Å². The summed E-state index contributed by atoms with van der Waals surface area (Å²) in [5, 5.41) is 0. The second-order valence-corrected chi connectivity index (χ2v) is 3.62. The van der Waals surface area contributed by atoms with E-state index in [9.17, 15) is 13.2 Å². The lowest BCUT2D eigenvalue weighted by molar-refractivity contribution is -0.137. The second kappa shape index (κ2) is 7.01. The lowest BCUT2D eigenvalue weighted by Crippen LogP contribution is -2.04. The molecule has 0 atom stereocenters. The van der Waals surface area contributed by atoms with Gasteiger partial charge >= 0.3 is 6.18 Å². The zero-order valence-corrected chi connectivity index (χ0v) is 10.1. The van der Waals surface area contributed by atoms with E-state index in [4.69, 9.17) is 11.6 Å². The van der Waals surface area contributed by atoms with Crippen molar-refractivity contribution < 1.29 is 13.2 Å². The van der Waals surface area contributed by atoms with Crippen LogP contribution in [-0.2, 0) is 12.1 Å². The summed E-state index contributed by atoms with van der Waals surface area (Å²) in [6, 6.07) is 10.7. The van der Waals surface area contributed by atoms with Crippen LogP contribution in [0.1, 0.15) is 11.1 Å². The molecule has 1 aromatic carbocycles. The van der Waals surface area contributed by atoms with Crippen LogP contribution in [0.2, 0.25) is 0 Å². The van der Waals surface area contributed by atoms with Crippen molar-refractivity contribution in [3.05, 3.63) is 66.0 Å². The maximum Gasteiger partial charge on any atom is 0.416 e. The number of alkyl halides is 4. The van der Waals surface area contributed by atoms with Gasteiger partial charge < -0.3 is 0 Å². The molecule has 0 spiro atoms. The molecule has 2 rings (SSSR count). The molecule has 96 valence electrons. The first-order chi connectivity index (χ1) is 8.54. The number of hydrogen-bond donors (Lipinski definition) is 0. The van der Waals surface area contributed by atoms with Crippen molar-refractivity contribution in [2.75, 3.05) is 0 Å². The maximum atomic E-state index is 12.1. The van der Waals surface area contributed by atoms with Crippen LogP contribution in [-0.4, -0.2) is 4.98 Å². The minimum atomic E-state index is -4.28. The second-order valence-electron chi connectivity index (χ2n) is 3.36. The molecule has 0 saturated heterocycles. The van der Waals surface area contributed by atoms with Crippen LogP contribution in [0.4, 0.5) is 13.2 Å². The van der Waals surface area contributed by atoms with Crippen LogP contribution in [0.25, 0.3) is 0 Å². The number of benzene rings is 1. The molecule has 0 saturated carbocycles. The highest BCUT2D eigenvalue weighted by molar-refractivity contribution is 6.17. The average molecular weight is 274 g/mol. The number of aromatic nitrogens is 1. The highest BCUT2D eigenvalue weighted by Gasteiger charge is 2.30. The van der Waals surface area contributed by atoms with Gasteiger partial charge in [0.25, 0.3) is 0 Å².